The lowest BCUT2D eigenvalue weighted by Crippen LogP contribution is -2.37. The van der Waals surface area contributed by atoms with E-state index in [-0.39, 0.29) is 0 Å². The minimum atomic E-state index is 0.572. The standard InChI is InChI=1S/C15H21N5S2/c1-19(10-14-16-4-7-21-14)13-8-15(13)2-5-20(6-3-15)9-12-11-22-18-17-12/h4,7,11,13H,2-3,5-6,8-10H2,1H3/t13-/m1/s1. The molecule has 1 spiro atoms. The Morgan fingerprint density at radius 3 is 2.95 bits per heavy atom. The predicted molar refractivity (Wildman–Crippen MR) is 88.8 cm³/mol. The van der Waals surface area contributed by atoms with Crippen LogP contribution in [0.1, 0.15) is 30.0 Å². The summed E-state index contributed by atoms with van der Waals surface area (Å²) in [5.41, 5.74) is 1.69. The lowest BCUT2D eigenvalue weighted by Gasteiger charge is -2.33. The van der Waals surface area contributed by atoms with E-state index in [9.17, 15) is 0 Å². The minimum absolute atomic E-state index is 0.572. The van der Waals surface area contributed by atoms with E-state index in [0.717, 1.165) is 24.8 Å². The van der Waals surface area contributed by atoms with Crippen LogP contribution >= 0.6 is 22.9 Å². The monoisotopic (exact) mass is 335 g/mol. The number of likely N-dealkylation sites (tertiary alicyclic amines) is 1. The maximum atomic E-state index is 4.41. The Labute approximate surface area is 139 Å². The maximum Gasteiger partial charge on any atom is 0.107 e. The van der Waals surface area contributed by atoms with E-state index in [0.29, 0.717) is 5.41 Å². The van der Waals surface area contributed by atoms with Crippen LogP contribution in [0.2, 0.25) is 0 Å². The summed E-state index contributed by atoms with van der Waals surface area (Å²) < 4.78 is 3.95. The van der Waals surface area contributed by atoms with Crippen LogP contribution in [-0.4, -0.2) is 50.5 Å². The zero-order chi connectivity index (χ0) is 15.0. The quantitative estimate of drug-likeness (QED) is 0.840. The Morgan fingerprint density at radius 1 is 1.41 bits per heavy atom. The Kier molecular flexibility index (Phi) is 3.98. The second kappa shape index (κ2) is 5.96. The molecule has 2 aliphatic rings. The highest BCUT2D eigenvalue weighted by Crippen LogP contribution is 2.56. The van der Waals surface area contributed by atoms with Gasteiger partial charge in [0.25, 0.3) is 0 Å². The van der Waals surface area contributed by atoms with Crippen molar-refractivity contribution in [1.82, 2.24) is 24.4 Å². The van der Waals surface area contributed by atoms with Crippen LogP contribution in [0.4, 0.5) is 0 Å². The van der Waals surface area contributed by atoms with Gasteiger partial charge in [0.15, 0.2) is 0 Å². The van der Waals surface area contributed by atoms with Crippen molar-refractivity contribution in [3.63, 3.8) is 0 Å². The second-order valence-electron chi connectivity index (χ2n) is 6.60. The molecule has 0 amide bonds. The van der Waals surface area contributed by atoms with Gasteiger partial charge in [0.1, 0.15) is 5.01 Å². The average Bonchev–Trinajstić information content (AvgIpc) is 2.92. The van der Waals surface area contributed by atoms with Gasteiger partial charge >= 0.3 is 0 Å². The van der Waals surface area contributed by atoms with Crippen LogP contribution in [0.15, 0.2) is 17.0 Å². The minimum Gasteiger partial charge on any atom is -0.297 e. The number of aromatic nitrogens is 3. The zero-order valence-electron chi connectivity index (χ0n) is 12.8. The third-order valence-corrected chi connectivity index (χ3v) is 6.51. The number of nitrogens with zero attached hydrogens (tertiary/aromatic N) is 5. The van der Waals surface area contributed by atoms with Gasteiger partial charge in [0.05, 0.1) is 12.2 Å². The van der Waals surface area contributed by atoms with Crippen LogP contribution in [0.5, 0.6) is 0 Å². The number of piperidine rings is 1. The molecule has 3 heterocycles. The van der Waals surface area contributed by atoms with E-state index in [1.165, 1.54) is 48.9 Å². The van der Waals surface area contributed by atoms with E-state index < -0.39 is 0 Å². The van der Waals surface area contributed by atoms with Gasteiger partial charge in [-0.2, -0.15) is 0 Å². The smallest absolute Gasteiger partial charge is 0.107 e. The molecule has 0 unspecified atom stereocenters. The topological polar surface area (TPSA) is 45.2 Å². The van der Waals surface area contributed by atoms with Gasteiger partial charge in [-0.25, -0.2) is 4.98 Å². The van der Waals surface area contributed by atoms with Crippen LogP contribution in [-0.2, 0) is 13.1 Å². The summed E-state index contributed by atoms with van der Waals surface area (Å²) in [5.74, 6) is 0. The third-order valence-electron chi connectivity index (χ3n) is 5.19. The molecule has 1 saturated carbocycles. The Hall–Kier alpha value is -0.890. The highest BCUT2D eigenvalue weighted by Gasteiger charge is 2.56. The summed E-state index contributed by atoms with van der Waals surface area (Å²) in [7, 11) is 2.26. The van der Waals surface area contributed by atoms with Crippen molar-refractivity contribution in [1.29, 1.82) is 0 Å². The normalized spacial score (nSPS) is 24.2. The summed E-state index contributed by atoms with van der Waals surface area (Å²) in [6.07, 6.45) is 5.90. The van der Waals surface area contributed by atoms with Crippen molar-refractivity contribution >= 4 is 22.9 Å². The molecule has 7 heteroatoms. The van der Waals surface area contributed by atoms with Gasteiger partial charge in [-0.1, -0.05) is 4.49 Å². The highest BCUT2D eigenvalue weighted by molar-refractivity contribution is 7.09. The molecule has 2 aromatic heterocycles. The number of hydrogen-bond donors (Lipinski definition) is 0. The van der Waals surface area contributed by atoms with Gasteiger partial charge in [-0.05, 0) is 56.3 Å². The fraction of sp³-hybridized carbons (Fsp3) is 0.667. The van der Waals surface area contributed by atoms with Crippen molar-refractivity contribution in [2.45, 2.75) is 38.4 Å². The molecule has 4 rings (SSSR count). The largest absolute Gasteiger partial charge is 0.297 e. The van der Waals surface area contributed by atoms with Crippen molar-refractivity contribution in [3.8, 4) is 0 Å². The fourth-order valence-corrected chi connectivity index (χ4v) is 4.90. The van der Waals surface area contributed by atoms with E-state index >= 15 is 0 Å². The summed E-state index contributed by atoms with van der Waals surface area (Å²) in [4.78, 5) is 9.45. The number of thiazole rings is 1. The Balaban J connectivity index is 1.29. The van der Waals surface area contributed by atoms with Gasteiger partial charge in [0.2, 0.25) is 0 Å². The second-order valence-corrected chi connectivity index (χ2v) is 8.18. The Bertz CT molecular complexity index is 589. The first-order valence-corrected chi connectivity index (χ1v) is 9.54. The SMILES string of the molecule is CN(Cc1nccs1)[C@@H]1CC12CCN(Cc1csnn1)CC2. The van der Waals surface area contributed by atoms with Crippen LogP contribution < -0.4 is 0 Å². The van der Waals surface area contributed by atoms with Gasteiger partial charge in [0, 0.05) is 29.5 Å². The lowest BCUT2D eigenvalue weighted by atomic mass is 9.92. The van der Waals surface area contributed by atoms with Gasteiger partial charge in [-0.3, -0.25) is 9.80 Å². The van der Waals surface area contributed by atoms with E-state index in [4.69, 9.17) is 0 Å². The molecule has 1 atom stereocenters. The summed E-state index contributed by atoms with van der Waals surface area (Å²) in [6, 6.07) is 0.750. The molecule has 22 heavy (non-hydrogen) atoms. The molecule has 2 fully saturated rings. The zero-order valence-corrected chi connectivity index (χ0v) is 14.4. The van der Waals surface area contributed by atoms with E-state index in [1.54, 1.807) is 11.3 Å². The first kappa shape index (κ1) is 14.7. The predicted octanol–water partition coefficient (Wildman–Crippen LogP) is 2.48. The summed E-state index contributed by atoms with van der Waals surface area (Å²) in [5, 5.41) is 9.52. The molecule has 5 nitrogen and oxygen atoms in total. The first-order valence-electron chi connectivity index (χ1n) is 7.82. The van der Waals surface area contributed by atoms with Gasteiger partial charge < -0.3 is 0 Å². The van der Waals surface area contributed by atoms with Crippen LogP contribution in [0.25, 0.3) is 0 Å². The molecule has 1 aliphatic carbocycles. The lowest BCUT2D eigenvalue weighted by molar-refractivity contribution is 0.138. The summed E-state index contributed by atoms with van der Waals surface area (Å²) >= 11 is 3.21. The molecule has 118 valence electrons. The molecule has 0 aromatic carbocycles. The van der Waals surface area contributed by atoms with Crippen LogP contribution in [0.3, 0.4) is 0 Å². The van der Waals surface area contributed by atoms with E-state index in [1.807, 2.05) is 6.20 Å². The molecule has 1 aliphatic heterocycles. The first-order chi connectivity index (χ1) is 10.8. The van der Waals surface area contributed by atoms with Crippen molar-refractivity contribution in [3.05, 3.63) is 27.7 Å². The van der Waals surface area contributed by atoms with Crippen molar-refractivity contribution < 1.29 is 0 Å². The van der Waals surface area contributed by atoms with Crippen molar-refractivity contribution in [2.75, 3.05) is 20.1 Å². The highest BCUT2D eigenvalue weighted by atomic mass is 32.1. The molecule has 1 saturated heterocycles. The molecular formula is C15H21N5S2. The molecule has 0 radical (unpaired) electrons. The fourth-order valence-electron chi connectivity index (χ4n) is 3.78. The van der Waals surface area contributed by atoms with Gasteiger partial charge in [-0.15, -0.1) is 16.4 Å². The molecular weight excluding hydrogens is 314 g/mol. The molecule has 0 N–H and O–H groups in total. The summed E-state index contributed by atoms with van der Waals surface area (Å²) in [6.45, 7) is 4.35. The number of hydrogen-bond acceptors (Lipinski definition) is 7. The Morgan fingerprint density at radius 2 is 2.27 bits per heavy atom. The average molecular weight is 336 g/mol. The third kappa shape index (κ3) is 2.95. The van der Waals surface area contributed by atoms with Crippen LogP contribution in [0, 0.1) is 5.41 Å². The maximum absolute atomic E-state index is 4.41. The number of rotatable bonds is 5. The van der Waals surface area contributed by atoms with Crippen molar-refractivity contribution in [2.24, 2.45) is 5.41 Å². The molecule has 0 bridgehead atoms. The molecule has 2 aromatic rings. The van der Waals surface area contributed by atoms with E-state index in [2.05, 4.69) is 42.2 Å².